The maximum absolute atomic E-state index is 13.9. The highest BCUT2D eigenvalue weighted by Crippen LogP contribution is 2.50. The molecule has 1 heterocycles. The zero-order valence-corrected chi connectivity index (χ0v) is 18.0. The van der Waals surface area contributed by atoms with Crippen molar-refractivity contribution < 1.29 is 9.59 Å². The summed E-state index contributed by atoms with van der Waals surface area (Å²) in [4.78, 5) is 29.1. The minimum Gasteiger partial charge on any atom is -0.349 e. The van der Waals surface area contributed by atoms with Gasteiger partial charge in [0, 0.05) is 11.2 Å². The molecular formula is C27H26N2O2. The van der Waals surface area contributed by atoms with Crippen LogP contribution in [0.3, 0.4) is 0 Å². The summed E-state index contributed by atoms with van der Waals surface area (Å²) in [6.45, 7) is 5.83. The fraction of sp³-hybridized carbons (Fsp3) is 0.185. The van der Waals surface area contributed by atoms with E-state index in [1.54, 1.807) is 4.90 Å². The summed E-state index contributed by atoms with van der Waals surface area (Å²) in [5, 5.41) is 3.12. The molecule has 3 aromatic rings. The molecular weight excluding hydrogens is 384 g/mol. The highest BCUT2D eigenvalue weighted by molar-refractivity contribution is 6.27. The highest BCUT2D eigenvalue weighted by Gasteiger charge is 2.63. The van der Waals surface area contributed by atoms with E-state index >= 15 is 0 Å². The summed E-state index contributed by atoms with van der Waals surface area (Å²) in [6, 6.07) is 28.5. The van der Waals surface area contributed by atoms with Crippen LogP contribution in [0.2, 0.25) is 0 Å². The van der Waals surface area contributed by atoms with Crippen molar-refractivity contribution >= 4 is 23.6 Å². The summed E-state index contributed by atoms with van der Waals surface area (Å²) in [5.74, 6) is -0.403. The Morgan fingerprint density at radius 1 is 0.839 bits per heavy atom. The van der Waals surface area contributed by atoms with Crippen molar-refractivity contribution in [2.24, 2.45) is 0 Å². The van der Waals surface area contributed by atoms with Crippen LogP contribution in [0.1, 0.15) is 31.9 Å². The van der Waals surface area contributed by atoms with Crippen molar-refractivity contribution in [3.63, 3.8) is 0 Å². The molecule has 0 radical (unpaired) electrons. The molecule has 0 spiro atoms. The van der Waals surface area contributed by atoms with Gasteiger partial charge in [0.2, 0.25) is 0 Å². The van der Waals surface area contributed by atoms with Gasteiger partial charge in [-0.25, -0.2) is 0 Å². The lowest BCUT2D eigenvalue weighted by Crippen LogP contribution is -2.71. The normalized spacial score (nSPS) is 19.8. The van der Waals surface area contributed by atoms with E-state index in [1.807, 2.05) is 118 Å². The molecule has 1 aliphatic heterocycles. The molecule has 1 atom stereocenters. The monoisotopic (exact) mass is 410 g/mol. The van der Waals surface area contributed by atoms with E-state index in [0.29, 0.717) is 11.3 Å². The first-order valence-corrected chi connectivity index (χ1v) is 10.4. The van der Waals surface area contributed by atoms with Gasteiger partial charge in [-0.15, -0.1) is 0 Å². The second-order valence-corrected chi connectivity index (χ2v) is 8.73. The van der Waals surface area contributed by atoms with E-state index in [4.69, 9.17) is 0 Å². The van der Waals surface area contributed by atoms with Crippen molar-refractivity contribution in [1.29, 1.82) is 0 Å². The zero-order chi connectivity index (χ0) is 22.1. The number of rotatable bonds is 4. The Labute approximate surface area is 183 Å². The van der Waals surface area contributed by atoms with Gasteiger partial charge < -0.3 is 5.32 Å². The van der Waals surface area contributed by atoms with Crippen LogP contribution in [0.4, 0.5) is 5.69 Å². The Bertz CT molecular complexity index is 1120. The van der Waals surface area contributed by atoms with E-state index < -0.39 is 11.1 Å². The summed E-state index contributed by atoms with van der Waals surface area (Å²) in [7, 11) is 0. The lowest BCUT2D eigenvalue weighted by Gasteiger charge is -2.53. The molecule has 1 saturated heterocycles. The van der Waals surface area contributed by atoms with Crippen molar-refractivity contribution in [1.82, 2.24) is 5.32 Å². The molecule has 0 unspecified atom stereocenters. The first-order valence-electron chi connectivity index (χ1n) is 10.4. The Hall–Kier alpha value is -3.66. The summed E-state index contributed by atoms with van der Waals surface area (Å²) >= 11 is 0. The van der Waals surface area contributed by atoms with E-state index in [9.17, 15) is 9.59 Å². The molecule has 0 aromatic heterocycles. The number of para-hydroxylation sites is 1. The summed E-state index contributed by atoms with van der Waals surface area (Å²) in [5.41, 5.74) is 1.05. The van der Waals surface area contributed by atoms with Crippen molar-refractivity contribution in [2.45, 2.75) is 31.8 Å². The number of carbonyl (C=O) groups is 2. The second-order valence-electron chi connectivity index (χ2n) is 8.73. The van der Waals surface area contributed by atoms with Crippen LogP contribution >= 0.6 is 0 Å². The first kappa shape index (κ1) is 20.6. The molecule has 3 aromatic carbocycles. The minimum absolute atomic E-state index is 0.178. The Balaban J connectivity index is 1.98. The number of hydrogen-bond acceptors (Lipinski definition) is 2. The first-order chi connectivity index (χ1) is 14.8. The van der Waals surface area contributed by atoms with Crippen LogP contribution in [0.5, 0.6) is 0 Å². The van der Waals surface area contributed by atoms with E-state index in [1.165, 1.54) is 0 Å². The highest BCUT2D eigenvalue weighted by atomic mass is 16.2. The number of nitrogens with one attached hydrogen (secondary N) is 1. The average Bonchev–Trinajstić information content (AvgIpc) is 2.76. The molecule has 2 amide bonds. The van der Waals surface area contributed by atoms with Crippen molar-refractivity contribution in [2.75, 3.05) is 4.90 Å². The molecule has 1 aliphatic rings. The predicted molar refractivity (Wildman–Crippen MR) is 124 cm³/mol. The van der Waals surface area contributed by atoms with Gasteiger partial charge in [-0.1, -0.05) is 78.9 Å². The predicted octanol–water partition coefficient (Wildman–Crippen LogP) is 4.93. The molecule has 1 fully saturated rings. The molecule has 156 valence electrons. The number of amides is 2. The van der Waals surface area contributed by atoms with Gasteiger partial charge >= 0.3 is 0 Å². The molecule has 0 bridgehead atoms. The third-order valence-corrected chi connectivity index (χ3v) is 5.29. The van der Waals surface area contributed by atoms with E-state index in [-0.39, 0.29) is 11.8 Å². The lowest BCUT2D eigenvalue weighted by atomic mass is 9.70. The number of benzene rings is 3. The van der Waals surface area contributed by atoms with Gasteiger partial charge in [-0.3, -0.25) is 14.5 Å². The molecule has 4 heteroatoms. The van der Waals surface area contributed by atoms with Gasteiger partial charge in [0.1, 0.15) is 0 Å². The number of carbonyl (C=O) groups excluding carboxylic acids is 2. The van der Waals surface area contributed by atoms with E-state index in [0.717, 1.165) is 11.1 Å². The topological polar surface area (TPSA) is 49.4 Å². The summed E-state index contributed by atoms with van der Waals surface area (Å²) in [6.07, 6.45) is 1.83. The van der Waals surface area contributed by atoms with Gasteiger partial charge in [0.15, 0.2) is 5.54 Å². The molecule has 31 heavy (non-hydrogen) atoms. The third-order valence-electron chi connectivity index (χ3n) is 5.29. The fourth-order valence-corrected chi connectivity index (χ4v) is 4.02. The van der Waals surface area contributed by atoms with Gasteiger partial charge in [0.25, 0.3) is 11.8 Å². The van der Waals surface area contributed by atoms with Crippen molar-refractivity contribution in [3.8, 4) is 0 Å². The molecule has 4 nitrogen and oxygen atoms in total. The maximum Gasteiger partial charge on any atom is 0.259 e. The molecule has 0 saturated carbocycles. The van der Waals surface area contributed by atoms with E-state index in [2.05, 4.69) is 5.32 Å². The SMILES string of the molecule is CC(C)(C)NC(=O)[C@]1(c2ccccc2)/C(=C/c2ccccc2)C(=O)N1c1ccccc1. The maximum atomic E-state index is 13.9. The number of hydrogen-bond donors (Lipinski definition) is 1. The largest absolute Gasteiger partial charge is 0.349 e. The van der Waals surface area contributed by atoms with Crippen LogP contribution < -0.4 is 10.2 Å². The quantitative estimate of drug-likeness (QED) is 0.490. The number of β-lactam (4-membered cyclic amide) rings is 1. The molecule has 4 rings (SSSR count). The standard InChI is InChI=1S/C27H26N2O2/c1-26(2,3)28-25(31)27(21-15-9-5-10-16-21)23(19-20-13-7-4-8-14-20)24(30)29(27)22-17-11-6-12-18-22/h4-19H,1-3H3,(H,28,31)/b23-19+/t27-/m0/s1. The Morgan fingerprint density at radius 2 is 1.35 bits per heavy atom. The van der Waals surface area contributed by atoms with Gasteiger partial charge in [-0.05, 0) is 50.1 Å². The lowest BCUT2D eigenvalue weighted by molar-refractivity contribution is -0.135. The number of anilines is 1. The number of nitrogens with zero attached hydrogens (tertiary/aromatic N) is 1. The minimum atomic E-state index is -1.26. The van der Waals surface area contributed by atoms with Crippen LogP contribution in [0.25, 0.3) is 6.08 Å². The van der Waals surface area contributed by atoms with Crippen LogP contribution in [-0.2, 0) is 15.1 Å². The Morgan fingerprint density at radius 3 is 1.90 bits per heavy atom. The Kier molecular flexibility index (Phi) is 5.24. The van der Waals surface area contributed by atoms with Crippen LogP contribution in [-0.4, -0.2) is 17.4 Å². The van der Waals surface area contributed by atoms with Gasteiger partial charge in [0.05, 0.1) is 5.57 Å². The van der Waals surface area contributed by atoms with Crippen LogP contribution in [0, 0.1) is 0 Å². The van der Waals surface area contributed by atoms with Crippen LogP contribution in [0.15, 0.2) is 96.6 Å². The fourth-order valence-electron chi connectivity index (χ4n) is 4.02. The third kappa shape index (κ3) is 3.66. The zero-order valence-electron chi connectivity index (χ0n) is 18.0. The molecule has 1 N–H and O–H groups in total. The molecule has 0 aliphatic carbocycles. The smallest absolute Gasteiger partial charge is 0.259 e. The van der Waals surface area contributed by atoms with Crippen molar-refractivity contribution in [3.05, 3.63) is 108 Å². The van der Waals surface area contributed by atoms with Gasteiger partial charge in [-0.2, -0.15) is 0 Å². The summed E-state index contributed by atoms with van der Waals surface area (Å²) < 4.78 is 0. The average molecular weight is 411 g/mol. The second kappa shape index (κ2) is 7.88.